The van der Waals surface area contributed by atoms with Crippen molar-refractivity contribution in [3.05, 3.63) is 90.5 Å². The van der Waals surface area contributed by atoms with Gasteiger partial charge in [-0.3, -0.25) is 4.57 Å². The van der Waals surface area contributed by atoms with Crippen LogP contribution >= 0.6 is 0 Å². The van der Waals surface area contributed by atoms with Crippen LogP contribution in [-0.2, 0) is 12.0 Å². The van der Waals surface area contributed by atoms with Crippen LogP contribution < -0.4 is 0 Å². The van der Waals surface area contributed by atoms with Gasteiger partial charge in [-0.2, -0.15) is 0 Å². The number of nitrogens with zero attached hydrogens (tertiary/aromatic N) is 4. The maximum Gasteiger partial charge on any atom is 0.170 e. The average Bonchev–Trinajstić information content (AvgIpc) is 3.18. The number of hydrogen-bond acceptors (Lipinski definition) is 4. The lowest BCUT2D eigenvalue weighted by molar-refractivity contribution is -0.0841. The monoisotopic (exact) mass is 402 g/mol. The van der Waals surface area contributed by atoms with Crippen molar-refractivity contribution in [2.75, 3.05) is 19.6 Å². The zero-order valence-electron chi connectivity index (χ0n) is 17.6. The molecule has 2 aromatic carbocycles. The van der Waals surface area contributed by atoms with E-state index in [1.807, 2.05) is 47.9 Å². The highest BCUT2D eigenvalue weighted by atomic mass is 16.3. The van der Waals surface area contributed by atoms with Crippen LogP contribution in [0.4, 0.5) is 0 Å². The third kappa shape index (κ3) is 4.09. The first-order chi connectivity index (χ1) is 14.6. The highest BCUT2D eigenvalue weighted by molar-refractivity contribution is 5.35. The Bertz CT molecular complexity index is 969. The molecule has 0 unspecified atom stereocenters. The molecule has 1 aliphatic heterocycles. The molecular weight excluding hydrogens is 372 g/mol. The molecule has 5 nitrogen and oxygen atoms in total. The van der Waals surface area contributed by atoms with Gasteiger partial charge in [0.1, 0.15) is 11.4 Å². The quantitative estimate of drug-likeness (QED) is 0.609. The Morgan fingerprint density at radius 3 is 2.50 bits per heavy atom. The van der Waals surface area contributed by atoms with Crippen molar-refractivity contribution in [3.63, 3.8) is 0 Å². The molecule has 2 heterocycles. The normalized spacial score (nSPS) is 22.1. The number of aliphatic hydroxyl groups is 1. The predicted octanol–water partition coefficient (Wildman–Crippen LogP) is 3.90. The summed E-state index contributed by atoms with van der Waals surface area (Å²) in [5.41, 5.74) is 1.29. The summed E-state index contributed by atoms with van der Waals surface area (Å²) < 4.78 is 2.00. The highest BCUT2D eigenvalue weighted by Crippen LogP contribution is 2.39. The third-order valence-corrected chi connectivity index (χ3v) is 6.20. The lowest BCUT2D eigenvalue weighted by Gasteiger charge is -2.44. The summed E-state index contributed by atoms with van der Waals surface area (Å²) in [5, 5.41) is 20.7. The fourth-order valence-electron chi connectivity index (χ4n) is 4.52. The first kappa shape index (κ1) is 20.5. The number of benzene rings is 2. The van der Waals surface area contributed by atoms with Crippen LogP contribution in [-0.4, -0.2) is 44.4 Å². The molecule has 156 valence electrons. The van der Waals surface area contributed by atoms with Gasteiger partial charge < -0.3 is 10.0 Å². The molecule has 0 aliphatic carbocycles. The summed E-state index contributed by atoms with van der Waals surface area (Å²) in [5.74, 6) is 1.44. The molecule has 0 bridgehead atoms. The van der Waals surface area contributed by atoms with E-state index in [1.54, 1.807) is 0 Å². The van der Waals surface area contributed by atoms with Crippen LogP contribution in [0.1, 0.15) is 30.1 Å². The largest absolute Gasteiger partial charge is 0.381 e. The first-order valence-electron chi connectivity index (χ1n) is 10.7. The Labute approximate surface area is 178 Å². The maximum absolute atomic E-state index is 11.9. The van der Waals surface area contributed by atoms with Gasteiger partial charge in [0.25, 0.3) is 0 Å². The van der Waals surface area contributed by atoms with E-state index in [4.69, 9.17) is 0 Å². The van der Waals surface area contributed by atoms with Crippen molar-refractivity contribution in [1.82, 2.24) is 19.7 Å². The molecule has 1 aliphatic rings. The van der Waals surface area contributed by atoms with Crippen LogP contribution in [0.25, 0.3) is 5.69 Å². The Balaban J connectivity index is 1.57. The van der Waals surface area contributed by atoms with Gasteiger partial charge >= 0.3 is 0 Å². The van der Waals surface area contributed by atoms with Gasteiger partial charge in [-0.05, 0) is 43.9 Å². The van der Waals surface area contributed by atoms with Gasteiger partial charge in [0.15, 0.2) is 5.82 Å². The molecule has 0 saturated carbocycles. The van der Waals surface area contributed by atoms with Crippen LogP contribution in [0.2, 0.25) is 0 Å². The minimum absolute atomic E-state index is 0.0191. The second-order valence-electron chi connectivity index (χ2n) is 8.17. The zero-order chi connectivity index (χ0) is 21.0. The van der Waals surface area contributed by atoms with Crippen LogP contribution in [0, 0.1) is 12.8 Å². The highest BCUT2D eigenvalue weighted by Gasteiger charge is 2.46. The minimum atomic E-state index is -1.03. The van der Waals surface area contributed by atoms with Crippen molar-refractivity contribution in [1.29, 1.82) is 0 Å². The first-order valence-corrected chi connectivity index (χ1v) is 10.7. The van der Waals surface area contributed by atoms with Crippen molar-refractivity contribution in [2.24, 2.45) is 5.92 Å². The zero-order valence-corrected chi connectivity index (χ0v) is 17.6. The number of aromatic nitrogens is 3. The van der Waals surface area contributed by atoms with E-state index in [2.05, 4.69) is 52.0 Å². The lowest BCUT2D eigenvalue weighted by Crippen LogP contribution is -2.51. The smallest absolute Gasteiger partial charge is 0.170 e. The van der Waals surface area contributed by atoms with E-state index in [0.29, 0.717) is 12.2 Å². The number of para-hydroxylation sites is 1. The van der Waals surface area contributed by atoms with Crippen LogP contribution in [0.15, 0.2) is 73.3 Å². The Hall–Kier alpha value is -2.76. The molecule has 1 saturated heterocycles. The molecule has 3 aromatic rings. The molecule has 0 amide bonds. The Kier molecular flexibility index (Phi) is 6.11. The lowest BCUT2D eigenvalue weighted by atomic mass is 9.78. The number of hydrogen-bond donors (Lipinski definition) is 1. The number of piperidine rings is 1. The standard InChI is InChI=1S/C25H30N4O/c1-3-10-22-19-28(17-15-21-11-6-4-7-12-21)18-16-25(22,30)24-27-26-20(2)29(24)23-13-8-5-9-14-23/h3-9,11-14,22,30H,1,10,15-19H2,2H3/t22-,25+/m0/s1. The number of aryl methyl sites for hydroxylation is 1. The summed E-state index contributed by atoms with van der Waals surface area (Å²) in [4.78, 5) is 2.45. The maximum atomic E-state index is 11.9. The van der Waals surface area contributed by atoms with Crippen molar-refractivity contribution in [3.8, 4) is 5.69 Å². The van der Waals surface area contributed by atoms with E-state index in [0.717, 1.165) is 44.0 Å². The van der Waals surface area contributed by atoms with Crippen molar-refractivity contribution in [2.45, 2.75) is 31.8 Å². The predicted molar refractivity (Wildman–Crippen MR) is 119 cm³/mol. The van der Waals surface area contributed by atoms with Crippen LogP contribution in [0.3, 0.4) is 0 Å². The van der Waals surface area contributed by atoms with Gasteiger partial charge in [0.05, 0.1) is 0 Å². The van der Waals surface area contributed by atoms with Gasteiger partial charge in [-0.1, -0.05) is 54.6 Å². The Morgan fingerprint density at radius 1 is 1.10 bits per heavy atom. The van der Waals surface area contributed by atoms with E-state index in [9.17, 15) is 5.11 Å². The molecule has 2 atom stereocenters. The SMILES string of the molecule is C=CC[C@H]1CN(CCc2ccccc2)CC[C@]1(O)c1nnc(C)n1-c1ccccc1. The molecule has 4 rings (SSSR count). The van der Waals surface area contributed by atoms with E-state index in [1.165, 1.54) is 5.56 Å². The molecule has 0 radical (unpaired) electrons. The second kappa shape index (κ2) is 8.94. The number of likely N-dealkylation sites (tertiary alicyclic amines) is 1. The fraction of sp³-hybridized carbons (Fsp3) is 0.360. The van der Waals surface area contributed by atoms with E-state index < -0.39 is 5.60 Å². The molecular formula is C25H30N4O. The second-order valence-corrected chi connectivity index (χ2v) is 8.17. The van der Waals surface area contributed by atoms with Gasteiger partial charge in [-0.15, -0.1) is 16.8 Å². The summed E-state index contributed by atoms with van der Waals surface area (Å²) in [7, 11) is 0. The van der Waals surface area contributed by atoms with Crippen LogP contribution in [0.5, 0.6) is 0 Å². The third-order valence-electron chi connectivity index (χ3n) is 6.20. The van der Waals surface area contributed by atoms with E-state index in [-0.39, 0.29) is 5.92 Å². The summed E-state index contributed by atoms with van der Waals surface area (Å²) in [6, 6.07) is 20.6. The molecule has 0 spiro atoms. The number of allylic oxidation sites excluding steroid dienone is 1. The topological polar surface area (TPSA) is 54.2 Å². The summed E-state index contributed by atoms with van der Waals surface area (Å²) >= 11 is 0. The summed E-state index contributed by atoms with van der Waals surface area (Å²) in [6.45, 7) is 8.51. The summed E-state index contributed by atoms with van der Waals surface area (Å²) in [6.07, 6.45) is 4.29. The average molecular weight is 403 g/mol. The molecule has 1 fully saturated rings. The van der Waals surface area contributed by atoms with Crippen molar-refractivity contribution < 1.29 is 5.11 Å². The van der Waals surface area contributed by atoms with E-state index >= 15 is 0 Å². The van der Waals surface area contributed by atoms with Gasteiger partial charge in [0, 0.05) is 31.2 Å². The molecule has 30 heavy (non-hydrogen) atoms. The van der Waals surface area contributed by atoms with Gasteiger partial charge in [-0.25, -0.2) is 0 Å². The van der Waals surface area contributed by atoms with Crippen molar-refractivity contribution >= 4 is 0 Å². The minimum Gasteiger partial charge on any atom is -0.381 e. The Morgan fingerprint density at radius 2 is 1.80 bits per heavy atom. The number of rotatable bonds is 7. The molecule has 1 N–H and O–H groups in total. The molecule has 1 aromatic heterocycles. The van der Waals surface area contributed by atoms with Gasteiger partial charge in [0.2, 0.25) is 0 Å². The molecule has 5 heteroatoms. The fourth-order valence-corrected chi connectivity index (χ4v) is 4.52.